The number of unbranched alkanes of at least 4 members (excludes halogenated alkanes) is 3. The van der Waals surface area contributed by atoms with Crippen molar-refractivity contribution in [1.29, 1.82) is 0 Å². The summed E-state index contributed by atoms with van der Waals surface area (Å²) in [6.07, 6.45) is 5.12. The highest BCUT2D eigenvalue weighted by Crippen LogP contribution is 2.38. The van der Waals surface area contributed by atoms with Crippen molar-refractivity contribution in [3.05, 3.63) is 41.1 Å². The van der Waals surface area contributed by atoms with Gasteiger partial charge in [-0.2, -0.15) is 0 Å². The lowest BCUT2D eigenvalue weighted by molar-refractivity contribution is 0.450. The molecule has 0 saturated carbocycles. The van der Waals surface area contributed by atoms with E-state index in [0.717, 1.165) is 36.1 Å². The molecule has 0 atom stereocenters. The molecular weight excluding hydrogens is 318 g/mol. The van der Waals surface area contributed by atoms with Crippen LogP contribution in [0.15, 0.2) is 30.0 Å². The van der Waals surface area contributed by atoms with Gasteiger partial charge in [-0.15, -0.1) is 0 Å². The van der Waals surface area contributed by atoms with Gasteiger partial charge in [-0.25, -0.2) is 8.42 Å². The zero-order valence-corrected chi connectivity index (χ0v) is 14.9. The minimum Gasteiger partial charge on any atom is -0.268 e. The van der Waals surface area contributed by atoms with Gasteiger partial charge in [0.15, 0.2) is 0 Å². The molecule has 0 amide bonds. The van der Waals surface area contributed by atoms with Crippen molar-refractivity contribution in [3.63, 3.8) is 0 Å². The van der Waals surface area contributed by atoms with E-state index in [4.69, 9.17) is 11.6 Å². The molecule has 3 nitrogen and oxygen atoms in total. The Morgan fingerprint density at radius 1 is 1.14 bits per heavy atom. The van der Waals surface area contributed by atoms with E-state index in [1.165, 1.54) is 10.7 Å². The summed E-state index contributed by atoms with van der Waals surface area (Å²) < 4.78 is 26.4. The molecular formula is C17H24ClNO2S. The van der Waals surface area contributed by atoms with Crippen molar-refractivity contribution >= 4 is 26.7 Å². The first-order valence-electron chi connectivity index (χ1n) is 7.98. The second-order valence-corrected chi connectivity index (χ2v) is 8.20. The lowest BCUT2D eigenvalue weighted by Gasteiger charge is -2.32. The lowest BCUT2D eigenvalue weighted by Crippen LogP contribution is -2.34. The fraction of sp³-hybridized carbons (Fsp3) is 0.529. The molecule has 1 aromatic carbocycles. The highest BCUT2D eigenvalue weighted by atomic mass is 35.5. The van der Waals surface area contributed by atoms with Gasteiger partial charge in [0.25, 0.3) is 0 Å². The van der Waals surface area contributed by atoms with Crippen molar-refractivity contribution in [3.8, 4) is 0 Å². The molecule has 1 heterocycles. The molecule has 0 bridgehead atoms. The molecule has 122 valence electrons. The van der Waals surface area contributed by atoms with Crippen molar-refractivity contribution in [2.45, 2.75) is 52.5 Å². The summed E-state index contributed by atoms with van der Waals surface area (Å²) in [7, 11) is -3.30. The Morgan fingerprint density at radius 3 is 2.55 bits per heavy atom. The Bertz CT molecular complexity index is 652. The number of rotatable bonds is 7. The van der Waals surface area contributed by atoms with Crippen LogP contribution in [0.4, 0.5) is 0 Å². The third-order valence-corrected chi connectivity index (χ3v) is 6.26. The minimum atomic E-state index is -3.30. The van der Waals surface area contributed by atoms with Crippen LogP contribution < -0.4 is 0 Å². The van der Waals surface area contributed by atoms with Crippen molar-refractivity contribution in [1.82, 2.24) is 4.31 Å². The lowest BCUT2D eigenvalue weighted by atomic mass is 10.0. The van der Waals surface area contributed by atoms with Crippen molar-refractivity contribution in [2.24, 2.45) is 0 Å². The number of hydrogen-bond donors (Lipinski definition) is 0. The summed E-state index contributed by atoms with van der Waals surface area (Å²) in [5.41, 5.74) is 2.71. The molecule has 0 aliphatic carbocycles. The van der Waals surface area contributed by atoms with Gasteiger partial charge in [0.1, 0.15) is 0 Å². The maximum absolute atomic E-state index is 12.4. The summed E-state index contributed by atoms with van der Waals surface area (Å²) in [6.45, 7) is 4.24. The normalized spacial score (nSPS) is 15.1. The number of fused-ring (bicyclic) bond motifs is 1. The van der Waals surface area contributed by atoms with Gasteiger partial charge in [-0.3, -0.25) is 4.31 Å². The van der Waals surface area contributed by atoms with Crippen LogP contribution in [-0.4, -0.2) is 18.5 Å². The number of nitrogens with zero attached hydrogens (tertiary/aromatic N) is 1. The first-order valence-corrected chi connectivity index (χ1v) is 9.97. The maximum atomic E-state index is 12.4. The first kappa shape index (κ1) is 17.4. The molecule has 0 aromatic heterocycles. The monoisotopic (exact) mass is 341 g/mol. The van der Waals surface area contributed by atoms with Crippen LogP contribution in [0.2, 0.25) is 0 Å². The molecule has 0 spiro atoms. The van der Waals surface area contributed by atoms with Crippen LogP contribution in [0.25, 0.3) is 5.03 Å². The van der Waals surface area contributed by atoms with E-state index < -0.39 is 10.0 Å². The SMILES string of the molecule is CCCCCCC1=C(Cl)c2ccccc2CN1S(=O)(=O)CC. The van der Waals surface area contributed by atoms with Crippen molar-refractivity contribution in [2.75, 3.05) is 5.75 Å². The minimum absolute atomic E-state index is 0.0950. The van der Waals surface area contributed by atoms with Gasteiger partial charge < -0.3 is 0 Å². The number of sulfonamides is 1. The summed E-state index contributed by atoms with van der Waals surface area (Å²) in [5, 5.41) is 0.593. The number of allylic oxidation sites excluding steroid dienone is 1. The third kappa shape index (κ3) is 3.66. The molecule has 22 heavy (non-hydrogen) atoms. The van der Waals surface area contributed by atoms with E-state index in [1.54, 1.807) is 6.92 Å². The predicted molar refractivity (Wildman–Crippen MR) is 93.0 cm³/mol. The van der Waals surface area contributed by atoms with Crippen LogP contribution in [0, 0.1) is 0 Å². The average Bonchev–Trinajstić information content (AvgIpc) is 2.53. The van der Waals surface area contributed by atoms with Crippen LogP contribution in [0.5, 0.6) is 0 Å². The quantitative estimate of drug-likeness (QED) is 0.672. The van der Waals surface area contributed by atoms with E-state index in [0.29, 0.717) is 18.0 Å². The Hall–Kier alpha value is -1.00. The smallest absolute Gasteiger partial charge is 0.234 e. The molecule has 1 aromatic rings. The molecule has 0 N–H and O–H groups in total. The van der Waals surface area contributed by atoms with E-state index in [2.05, 4.69) is 6.92 Å². The van der Waals surface area contributed by atoms with E-state index in [9.17, 15) is 8.42 Å². The number of benzene rings is 1. The second kappa shape index (κ2) is 7.51. The summed E-state index contributed by atoms with van der Waals surface area (Å²) in [6, 6.07) is 7.79. The number of hydrogen-bond acceptors (Lipinski definition) is 2. The zero-order chi connectivity index (χ0) is 16.2. The van der Waals surface area contributed by atoms with Gasteiger partial charge in [-0.1, -0.05) is 62.1 Å². The van der Waals surface area contributed by atoms with E-state index in [1.807, 2.05) is 24.3 Å². The van der Waals surface area contributed by atoms with Crippen LogP contribution in [0.3, 0.4) is 0 Å². The predicted octanol–water partition coefficient (Wildman–Crippen LogP) is 4.73. The highest BCUT2D eigenvalue weighted by Gasteiger charge is 2.30. The van der Waals surface area contributed by atoms with Gasteiger partial charge in [0.2, 0.25) is 10.0 Å². The Balaban J connectivity index is 2.36. The van der Waals surface area contributed by atoms with Gasteiger partial charge in [0.05, 0.1) is 17.3 Å². The third-order valence-electron chi connectivity index (χ3n) is 4.09. The highest BCUT2D eigenvalue weighted by molar-refractivity contribution is 7.89. The Kier molecular flexibility index (Phi) is 5.93. The molecule has 1 aliphatic heterocycles. The standard InChI is InChI=1S/C17H24ClNO2S/c1-3-5-6-7-12-16-17(18)15-11-9-8-10-14(15)13-19(16)22(20,21)4-2/h8-11H,3-7,12-13H2,1-2H3. The second-order valence-electron chi connectivity index (χ2n) is 5.64. The molecule has 2 rings (SSSR count). The zero-order valence-electron chi connectivity index (χ0n) is 13.3. The molecule has 0 radical (unpaired) electrons. The first-order chi connectivity index (χ1) is 10.5. The van der Waals surface area contributed by atoms with E-state index in [-0.39, 0.29) is 5.75 Å². The topological polar surface area (TPSA) is 37.4 Å². The molecule has 0 unspecified atom stereocenters. The van der Waals surface area contributed by atoms with Crippen LogP contribution in [-0.2, 0) is 16.6 Å². The Labute approximate surface area is 139 Å². The van der Waals surface area contributed by atoms with Gasteiger partial charge in [0, 0.05) is 5.70 Å². The average molecular weight is 342 g/mol. The van der Waals surface area contributed by atoms with Crippen molar-refractivity contribution < 1.29 is 8.42 Å². The Morgan fingerprint density at radius 2 is 1.86 bits per heavy atom. The molecule has 0 fully saturated rings. The molecule has 1 aliphatic rings. The molecule has 5 heteroatoms. The van der Waals surface area contributed by atoms with Crippen LogP contribution >= 0.6 is 11.6 Å². The van der Waals surface area contributed by atoms with Gasteiger partial charge in [-0.05, 0) is 30.9 Å². The van der Waals surface area contributed by atoms with Gasteiger partial charge >= 0.3 is 0 Å². The fourth-order valence-electron chi connectivity index (χ4n) is 2.76. The maximum Gasteiger partial charge on any atom is 0.234 e. The largest absolute Gasteiger partial charge is 0.268 e. The van der Waals surface area contributed by atoms with E-state index >= 15 is 0 Å². The summed E-state index contributed by atoms with van der Waals surface area (Å²) >= 11 is 6.56. The summed E-state index contributed by atoms with van der Waals surface area (Å²) in [5.74, 6) is 0.0950. The summed E-state index contributed by atoms with van der Waals surface area (Å²) in [4.78, 5) is 0. The van der Waals surface area contributed by atoms with Crippen LogP contribution in [0.1, 0.15) is 57.1 Å². The number of halogens is 1. The molecule has 0 saturated heterocycles. The fourth-order valence-corrected chi connectivity index (χ4v) is 4.36.